The third kappa shape index (κ3) is 2.77. The molecule has 1 rings (SSSR count). The molecule has 13 heavy (non-hydrogen) atoms. The van der Waals surface area contributed by atoms with Crippen LogP contribution in [0.15, 0.2) is 11.8 Å². The molecule has 0 aromatic rings. The Morgan fingerprint density at radius 3 is 2.92 bits per heavy atom. The Kier molecular flexibility index (Phi) is 3.36. The van der Waals surface area contributed by atoms with Crippen LogP contribution in [0.4, 0.5) is 0 Å². The second kappa shape index (κ2) is 4.32. The van der Waals surface area contributed by atoms with E-state index in [1.54, 1.807) is 6.92 Å². The smallest absolute Gasteiger partial charge is 0.307 e. The molecule has 0 spiro atoms. The van der Waals surface area contributed by atoms with Crippen LogP contribution in [0.3, 0.4) is 0 Å². The van der Waals surface area contributed by atoms with Gasteiger partial charge in [-0.05, 0) is 6.92 Å². The lowest BCUT2D eigenvalue weighted by atomic mass is 10.2. The van der Waals surface area contributed by atoms with Crippen LogP contribution in [0.5, 0.6) is 0 Å². The highest BCUT2D eigenvalue weighted by Gasteiger charge is 2.26. The molecule has 0 amide bonds. The second-order valence-electron chi connectivity index (χ2n) is 2.58. The number of ether oxygens (including phenoxy) is 1. The van der Waals surface area contributed by atoms with Gasteiger partial charge in [0.1, 0.15) is 0 Å². The number of thioether (sulfide) groups is 1. The Morgan fingerprint density at radius 1 is 1.77 bits per heavy atom. The molecule has 0 bridgehead atoms. The summed E-state index contributed by atoms with van der Waals surface area (Å²) in [7, 11) is 0. The molecule has 5 heteroatoms. The minimum absolute atomic E-state index is 0.0909. The maximum absolute atomic E-state index is 11.0. The van der Waals surface area contributed by atoms with Crippen molar-refractivity contribution in [3.05, 3.63) is 11.8 Å². The van der Waals surface area contributed by atoms with Crippen LogP contribution in [0.2, 0.25) is 0 Å². The zero-order chi connectivity index (χ0) is 9.84. The average molecular weight is 201 g/mol. The van der Waals surface area contributed by atoms with Gasteiger partial charge >= 0.3 is 5.97 Å². The maximum Gasteiger partial charge on any atom is 0.307 e. The first kappa shape index (κ1) is 10.1. The summed E-state index contributed by atoms with van der Waals surface area (Å²) < 4.78 is 4.74. The zero-order valence-electron chi connectivity index (χ0n) is 7.28. The van der Waals surface area contributed by atoms with Gasteiger partial charge in [0.05, 0.1) is 18.3 Å². The molecule has 1 heterocycles. The van der Waals surface area contributed by atoms with E-state index in [0.717, 1.165) is 11.8 Å². The molecular formula is C8H11NO3S. The summed E-state index contributed by atoms with van der Waals surface area (Å²) in [4.78, 5) is 21.9. The molecule has 1 aliphatic heterocycles. The lowest BCUT2D eigenvalue weighted by Crippen LogP contribution is -2.17. The lowest BCUT2D eigenvalue weighted by Gasteiger charge is -2.08. The van der Waals surface area contributed by atoms with Crippen LogP contribution >= 0.6 is 11.8 Å². The van der Waals surface area contributed by atoms with Crippen molar-refractivity contribution in [1.82, 2.24) is 0 Å². The summed E-state index contributed by atoms with van der Waals surface area (Å²) in [5, 5.41) is -0.321. The first-order valence-corrected chi connectivity index (χ1v) is 4.84. The largest absolute Gasteiger partial charge is 0.466 e. The number of esters is 1. The van der Waals surface area contributed by atoms with E-state index in [-0.39, 0.29) is 22.8 Å². The van der Waals surface area contributed by atoms with Crippen molar-refractivity contribution in [3.63, 3.8) is 0 Å². The molecule has 0 aliphatic carbocycles. The summed E-state index contributed by atoms with van der Waals surface area (Å²) in [5.41, 5.74) is 5.99. The molecule has 0 aromatic carbocycles. The van der Waals surface area contributed by atoms with Gasteiger partial charge < -0.3 is 10.5 Å². The number of hydrogen-bond acceptors (Lipinski definition) is 5. The summed E-state index contributed by atoms with van der Waals surface area (Å²) in [6.45, 7) is 2.10. The molecule has 0 aromatic heterocycles. The van der Waals surface area contributed by atoms with Crippen LogP contribution in [0, 0.1) is 0 Å². The van der Waals surface area contributed by atoms with Crippen molar-refractivity contribution in [2.24, 2.45) is 5.73 Å². The normalized spacial score (nSPS) is 21.5. The second-order valence-corrected chi connectivity index (χ2v) is 3.79. The SMILES string of the molecule is CCOC(=O)CC1SC(=O)C=C1N. The van der Waals surface area contributed by atoms with Crippen molar-refractivity contribution >= 4 is 22.8 Å². The third-order valence-corrected chi connectivity index (χ3v) is 2.65. The summed E-state index contributed by atoms with van der Waals surface area (Å²) in [6.07, 6.45) is 1.53. The Morgan fingerprint density at radius 2 is 2.46 bits per heavy atom. The minimum Gasteiger partial charge on any atom is -0.466 e. The number of hydrogen-bond donors (Lipinski definition) is 1. The molecule has 0 saturated carbocycles. The number of carbonyl (C=O) groups excluding carboxylic acids is 2. The molecule has 2 N–H and O–H groups in total. The van der Waals surface area contributed by atoms with Gasteiger partial charge in [-0.1, -0.05) is 11.8 Å². The average Bonchev–Trinajstić information content (AvgIpc) is 2.30. The lowest BCUT2D eigenvalue weighted by molar-refractivity contribution is -0.142. The maximum atomic E-state index is 11.0. The molecule has 1 unspecified atom stereocenters. The summed E-state index contributed by atoms with van der Waals surface area (Å²) in [6, 6.07) is 0. The molecular weight excluding hydrogens is 190 g/mol. The minimum atomic E-state index is -0.314. The van der Waals surface area contributed by atoms with Crippen LogP contribution in [-0.4, -0.2) is 22.9 Å². The predicted molar refractivity (Wildman–Crippen MR) is 49.9 cm³/mol. The summed E-state index contributed by atoms with van der Waals surface area (Å²) >= 11 is 1.07. The highest BCUT2D eigenvalue weighted by molar-refractivity contribution is 8.15. The first-order chi connectivity index (χ1) is 6.13. The molecule has 0 saturated heterocycles. The molecule has 1 atom stereocenters. The van der Waals surface area contributed by atoms with E-state index >= 15 is 0 Å². The molecule has 72 valence electrons. The van der Waals surface area contributed by atoms with Crippen molar-refractivity contribution in [3.8, 4) is 0 Å². The number of rotatable bonds is 3. The van der Waals surface area contributed by atoms with Crippen LogP contribution in [0.1, 0.15) is 13.3 Å². The van der Waals surface area contributed by atoms with E-state index in [1.807, 2.05) is 0 Å². The Hall–Kier alpha value is -0.970. The van der Waals surface area contributed by atoms with Gasteiger partial charge in [0.15, 0.2) is 0 Å². The number of nitrogens with two attached hydrogens (primary N) is 1. The van der Waals surface area contributed by atoms with Gasteiger partial charge in [-0.25, -0.2) is 0 Å². The number of carbonyl (C=O) groups is 2. The van der Waals surface area contributed by atoms with E-state index in [4.69, 9.17) is 10.5 Å². The van der Waals surface area contributed by atoms with Crippen molar-refractivity contribution in [2.45, 2.75) is 18.6 Å². The fourth-order valence-corrected chi connectivity index (χ4v) is 1.91. The topological polar surface area (TPSA) is 69.4 Å². The van der Waals surface area contributed by atoms with Gasteiger partial charge in [0, 0.05) is 11.8 Å². The van der Waals surface area contributed by atoms with Gasteiger partial charge in [-0.3, -0.25) is 9.59 Å². The third-order valence-electron chi connectivity index (χ3n) is 1.57. The monoisotopic (exact) mass is 201 g/mol. The fraction of sp³-hybridized carbons (Fsp3) is 0.500. The molecule has 1 aliphatic rings. The van der Waals surface area contributed by atoms with Gasteiger partial charge in [0.2, 0.25) is 5.12 Å². The van der Waals surface area contributed by atoms with E-state index in [0.29, 0.717) is 12.3 Å². The predicted octanol–water partition coefficient (Wildman–Crippen LogP) is 0.424. The van der Waals surface area contributed by atoms with Gasteiger partial charge in [-0.15, -0.1) is 0 Å². The van der Waals surface area contributed by atoms with Crippen molar-refractivity contribution < 1.29 is 14.3 Å². The first-order valence-electron chi connectivity index (χ1n) is 3.96. The highest BCUT2D eigenvalue weighted by atomic mass is 32.2. The van der Waals surface area contributed by atoms with E-state index in [9.17, 15) is 9.59 Å². The Bertz CT molecular complexity index is 262. The van der Waals surface area contributed by atoms with E-state index < -0.39 is 0 Å². The fourth-order valence-electron chi connectivity index (χ4n) is 1.00. The zero-order valence-corrected chi connectivity index (χ0v) is 8.10. The quantitative estimate of drug-likeness (QED) is 0.670. The van der Waals surface area contributed by atoms with Crippen molar-refractivity contribution in [1.29, 1.82) is 0 Å². The Balaban J connectivity index is 2.43. The summed E-state index contributed by atoms with van der Waals surface area (Å²) in [5.74, 6) is -0.314. The Labute approximate surface area is 80.5 Å². The molecule has 0 fully saturated rings. The van der Waals surface area contributed by atoms with Gasteiger partial charge in [-0.2, -0.15) is 0 Å². The van der Waals surface area contributed by atoms with Gasteiger partial charge in [0.25, 0.3) is 0 Å². The van der Waals surface area contributed by atoms with E-state index in [1.165, 1.54) is 6.08 Å². The molecule has 0 radical (unpaired) electrons. The van der Waals surface area contributed by atoms with E-state index in [2.05, 4.69) is 0 Å². The standard InChI is InChI=1S/C8H11NO3S/c1-2-12-7(10)4-6-5(9)3-8(11)13-6/h3,6H,2,4,9H2,1H3. The van der Waals surface area contributed by atoms with Crippen LogP contribution in [-0.2, 0) is 14.3 Å². The highest BCUT2D eigenvalue weighted by Crippen LogP contribution is 2.27. The van der Waals surface area contributed by atoms with Crippen LogP contribution in [0.25, 0.3) is 0 Å². The van der Waals surface area contributed by atoms with Crippen LogP contribution < -0.4 is 5.73 Å². The molecule has 4 nitrogen and oxygen atoms in total. The van der Waals surface area contributed by atoms with Crippen molar-refractivity contribution in [2.75, 3.05) is 6.61 Å².